The van der Waals surface area contributed by atoms with Crippen molar-refractivity contribution in [1.82, 2.24) is 10.2 Å². The molecule has 0 fully saturated rings. The Kier molecular flexibility index (Phi) is 9.27. The normalized spacial score (nSPS) is 11.5. The summed E-state index contributed by atoms with van der Waals surface area (Å²) in [5.41, 5.74) is 4.32. The van der Waals surface area contributed by atoms with Crippen LogP contribution in [-0.2, 0) is 22.6 Å². The zero-order valence-electron chi connectivity index (χ0n) is 20.3. The van der Waals surface area contributed by atoms with Gasteiger partial charge in [-0.3, -0.25) is 9.59 Å². The standard InChI is InChI=1S/C29H34N2O3/c1-22-15-17-26(18-16-22)34-19-9-14-28(32)31(21-25-13-8-7-10-23(25)2)27(29(33)30-3)20-24-11-5-4-6-12-24/h4-8,10-13,15-18,27H,9,14,19-21H2,1-3H3,(H,30,33)/t27-/m0/s1. The lowest BCUT2D eigenvalue weighted by atomic mass is 10.0. The average Bonchev–Trinajstić information content (AvgIpc) is 2.86. The molecule has 0 aromatic heterocycles. The first-order valence-corrected chi connectivity index (χ1v) is 11.8. The highest BCUT2D eigenvalue weighted by Crippen LogP contribution is 2.19. The number of carbonyl (C=O) groups is 2. The molecular weight excluding hydrogens is 424 g/mol. The van der Waals surface area contributed by atoms with E-state index in [0.717, 1.165) is 22.4 Å². The molecule has 0 aliphatic carbocycles. The van der Waals surface area contributed by atoms with E-state index in [2.05, 4.69) is 5.32 Å². The van der Waals surface area contributed by atoms with E-state index in [-0.39, 0.29) is 11.8 Å². The van der Waals surface area contributed by atoms with E-state index in [4.69, 9.17) is 4.74 Å². The molecule has 0 saturated carbocycles. The predicted molar refractivity (Wildman–Crippen MR) is 136 cm³/mol. The fourth-order valence-corrected chi connectivity index (χ4v) is 3.88. The van der Waals surface area contributed by atoms with Crippen LogP contribution in [0.2, 0.25) is 0 Å². The summed E-state index contributed by atoms with van der Waals surface area (Å²) in [6.45, 7) is 4.88. The highest BCUT2D eigenvalue weighted by molar-refractivity contribution is 5.87. The van der Waals surface area contributed by atoms with E-state index in [0.29, 0.717) is 32.4 Å². The molecule has 0 aliphatic heterocycles. The lowest BCUT2D eigenvalue weighted by Gasteiger charge is -2.31. The Morgan fingerprint density at radius 1 is 0.912 bits per heavy atom. The van der Waals surface area contributed by atoms with E-state index in [1.807, 2.05) is 92.7 Å². The summed E-state index contributed by atoms with van der Waals surface area (Å²) in [6.07, 6.45) is 1.33. The van der Waals surface area contributed by atoms with E-state index < -0.39 is 6.04 Å². The van der Waals surface area contributed by atoms with Crippen LogP contribution in [0, 0.1) is 13.8 Å². The number of benzene rings is 3. The lowest BCUT2D eigenvalue weighted by Crippen LogP contribution is -2.49. The summed E-state index contributed by atoms with van der Waals surface area (Å²) in [5, 5.41) is 2.76. The number of aryl methyl sites for hydroxylation is 2. The van der Waals surface area contributed by atoms with Crippen LogP contribution >= 0.6 is 0 Å². The van der Waals surface area contributed by atoms with Crippen molar-refractivity contribution in [3.8, 4) is 5.75 Å². The molecule has 0 bridgehead atoms. The molecule has 3 aromatic rings. The maximum absolute atomic E-state index is 13.5. The summed E-state index contributed by atoms with van der Waals surface area (Å²) >= 11 is 0. The Labute approximate surface area is 202 Å². The molecular formula is C29H34N2O3. The molecule has 0 radical (unpaired) electrons. The van der Waals surface area contributed by atoms with Crippen LogP contribution in [0.3, 0.4) is 0 Å². The van der Waals surface area contributed by atoms with Crippen LogP contribution < -0.4 is 10.1 Å². The molecule has 3 rings (SSSR count). The predicted octanol–water partition coefficient (Wildman–Crippen LogP) is 4.85. The first-order chi connectivity index (χ1) is 16.5. The third-order valence-electron chi connectivity index (χ3n) is 5.94. The van der Waals surface area contributed by atoms with Crippen molar-refractivity contribution in [2.24, 2.45) is 0 Å². The molecule has 0 saturated heterocycles. The van der Waals surface area contributed by atoms with Gasteiger partial charge in [0.1, 0.15) is 11.8 Å². The van der Waals surface area contributed by atoms with Gasteiger partial charge >= 0.3 is 0 Å². The molecule has 2 amide bonds. The van der Waals surface area contributed by atoms with E-state index in [1.54, 1.807) is 11.9 Å². The van der Waals surface area contributed by atoms with Gasteiger partial charge in [0.05, 0.1) is 6.61 Å². The lowest BCUT2D eigenvalue weighted by molar-refractivity contribution is -0.141. The van der Waals surface area contributed by atoms with Gasteiger partial charge in [-0.2, -0.15) is 0 Å². The maximum Gasteiger partial charge on any atom is 0.242 e. The Balaban J connectivity index is 1.75. The molecule has 178 valence electrons. The second-order valence-corrected chi connectivity index (χ2v) is 8.53. The van der Waals surface area contributed by atoms with Crippen LogP contribution in [0.1, 0.15) is 35.1 Å². The number of nitrogens with zero attached hydrogens (tertiary/aromatic N) is 1. The van der Waals surface area contributed by atoms with Crippen molar-refractivity contribution < 1.29 is 14.3 Å². The summed E-state index contributed by atoms with van der Waals surface area (Å²) in [6, 6.07) is 25.1. The number of hydrogen-bond acceptors (Lipinski definition) is 3. The first-order valence-electron chi connectivity index (χ1n) is 11.8. The number of amides is 2. The highest BCUT2D eigenvalue weighted by Gasteiger charge is 2.29. The Morgan fingerprint density at radius 3 is 2.26 bits per heavy atom. The van der Waals surface area contributed by atoms with Crippen molar-refractivity contribution in [3.05, 3.63) is 101 Å². The molecule has 0 aliphatic rings. The van der Waals surface area contributed by atoms with Crippen LogP contribution in [0.5, 0.6) is 5.75 Å². The van der Waals surface area contributed by atoms with Crippen LogP contribution in [0.25, 0.3) is 0 Å². The smallest absolute Gasteiger partial charge is 0.242 e. The van der Waals surface area contributed by atoms with Gasteiger partial charge in [0.2, 0.25) is 11.8 Å². The van der Waals surface area contributed by atoms with Crippen LogP contribution in [0.4, 0.5) is 0 Å². The monoisotopic (exact) mass is 458 g/mol. The van der Waals surface area contributed by atoms with Gasteiger partial charge in [-0.15, -0.1) is 0 Å². The van der Waals surface area contributed by atoms with Crippen molar-refractivity contribution in [2.45, 2.75) is 45.7 Å². The van der Waals surface area contributed by atoms with Crippen molar-refractivity contribution in [1.29, 1.82) is 0 Å². The molecule has 5 heteroatoms. The van der Waals surface area contributed by atoms with Gasteiger partial charge in [-0.25, -0.2) is 0 Å². The minimum absolute atomic E-state index is 0.0553. The molecule has 3 aromatic carbocycles. The molecule has 0 unspecified atom stereocenters. The number of likely N-dealkylation sites (N-methyl/N-ethyl adjacent to an activating group) is 1. The fourth-order valence-electron chi connectivity index (χ4n) is 3.88. The summed E-state index contributed by atoms with van der Waals surface area (Å²) in [7, 11) is 1.62. The third kappa shape index (κ3) is 7.20. The molecule has 5 nitrogen and oxygen atoms in total. The maximum atomic E-state index is 13.5. The van der Waals surface area contributed by atoms with Crippen LogP contribution in [0.15, 0.2) is 78.9 Å². The fraction of sp³-hybridized carbons (Fsp3) is 0.310. The van der Waals surface area contributed by atoms with Gasteiger partial charge in [-0.1, -0.05) is 72.3 Å². The zero-order valence-corrected chi connectivity index (χ0v) is 20.3. The van der Waals surface area contributed by atoms with Crippen LogP contribution in [-0.4, -0.2) is 36.4 Å². The van der Waals surface area contributed by atoms with Crippen molar-refractivity contribution in [2.75, 3.05) is 13.7 Å². The molecule has 0 spiro atoms. The summed E-state index contributed by atoms with van der Waals surface area (Å²) < 4.78 is 5.80. The third-order valence-corrected chi connectivity index (χ3v) is 5.94. The minimum Gasteiger partial charge on any atom is -0.494 e. The van der Waals surface area contributed by atoms with E-state index in [9.17, 15) is 9.59 Å². The van der Waals surface area contributed by atoms with Gasteiger partial charge in [-0.05, 0) is 49.1 Å². The van der Waals surface area contributed by atoms with E-state index in [1.165, 1.54) is 5.56 Å². The first kappa shape index (κ1) is 25.0. The molecule has 0 heterocycles. The van der Waals surface area contributed by atoms with Gasteiger partial charge in [0, 0.05) is 26.4 Å². The topological polar surface area (TPSA) is 58.6 Å². The van der Waals surface area contributed by atoms with Crippen molar-refractivity contribution >= 4 is 11.8 Å². The second-order valence-electron chi connectivity index (χ2n) is 8.53. The summed E-state index contributed by atoms with van der Waals surface area (Å²) in [4.78, 5) is 28.1. The van der Waals surface area contributed by atoms with Gasteiger partial charge in [0.25, 0.3) is 0 Å². The van der Waals surface area contributed by atoms with Gasteiger partial charge < -0.3 is 15.0 Å². The molecule has 1 atom stereocenters. The van der Waals surface area contributed by atoms with E-state index >= 15 is 0 Å². The van der Waals surface area contributed by atoms with Gasteiger partial charge in [0.15, 0.2) is 0 Å². The molecule has 1 N–H and O–H groups in total. The Morgan fingerprint density at radius 2 is 1.59 bits per heavy atom. The second kappa shape index (κ2) is 12.6. The Bertz CT molecular complexity index is 1060. The number of carbonyl (C=O) groups excluding carboxylic acids is 2. The largest absolute Gasteiger partial charge is 0.494 e. The minimum atomic E-state index is -0.600. The zero-order chi connectivity index (χ0) is 24.3. The number of rotatable bonds is 11. The highest BCUT2D eigenvalue weighted by atomic mass is 16.5. The number of ether oxygens (including phenoxy) is 1. The molecule has 34 heavy (non-hydrogen) atoms. The Hall–Kier alpha value is -3.60. The SMILES string of the molecule is CNC(=O)[C@H](Cc1ccccc1)N(Cc1ccccc1C)C(=O)CCCOc1ccc(C)cc1. The quantitative estimate of drug-likeness (QED) is 0.418. The number of hydrogen-bond donors (Lipinski definition) is 1. The number of nitrogens with one attached hydrogen (secondary N) is 1. The average molecular weight is 459 g/mol. The summed E-state index contributed by atoms with van der Waals surface area (Å²) in [5.74, 6) is 0.573. The van der Waals surface area contributed by atoms with Crippen molar-refractivity contribution in [3.63, 3.8) is 0 Å².